The summed E-state index contributed by atoms with van der Waals surface area (Å²) in [6, 6.07) is 42.6. The summed E-state index contributed by atoms with van der Waals surface area (Å²) in [5, 5.41) is 52.4. The fourth-order valence-electron chi connectivity index (χ4n) is 8.54. The summed E-state index contributed by atoms with van der Waals surface area (Å²) in [5.74, 6) is 0.471. The maximum absolute atomic E-state index is 11.8. The van der Waals surface area contributed by atoms with Gasteiger partial charge in [-0.3, -0.25) is 0 Å². The molecule has 70 heavy (non-hydrogen) atoms. The van der Waals surface area contributed by atoms with Crippen LogP contribution in [0.4, 0.5) is 0 Å². The summed E-state index contributed by atoms with van der Waals surface area (Å²) in [6.45, 7) is 5.30. The minimum Gasteiger partial charge on any atom is -0.545 e. The van der Waals surface area contributed by atoms with Crippen LogP contribution in [0.3, 0.4) is 0 Å². The molecule has 10 aromatic rings. The van der Waals surface area contributed by atoms with E-state index < -0.39 is 11.9 Å². The van der Waals surface area contributed by atoms with Gasteiger partial charge in [-0.1, -0.05) is 148 Å². The molecule has 0 aliphatic rings. The molecule has 340 valence electrons. The van der Waals surface area contributed by atoms with Crippen LogP contribution in [0.15, 0.2) is 133 Å². The second-order valence-electron chi connectivity index (χ2n) is 16.3. The molecule has 0 fully saturated rings. The van der Waals surface area contributed by atoms with Crippen LogP contribution in [-0.2, 0) is 25.9 Å². The third-order valence-corrected chi connectivity index (χ3v) is 11.9. The monoisotopic (exact) mass is 948 g/mol. The Morgan fingerprint density at radius 1 is 0.500 bits per heavy atom. The summed E-state index contributed by atoms with van der Waals surface area (Å²) in [6.07, 6.45) is 5.60. The zero-order valence-corrected chi connectivity index (χ0v) is 43.5. The maximum atomic E-state index is 11.8. The Morgan fingerprint density at radius 3 is 1.23 bits per heavy atom. The first kappa shape index (κ1) is 51.2. The van der Waals surface area contributed by atoms with Crippen LogP contribution in [0.1, 0.15) is 83.0 Å². The van der Waals surface area contributed by atoms with Gasteiger partial charge in [0, 0.05) is 48.2 Å². The number of nitrogens with one attached hydrogen (secondary N) is 2. The number of carboxylic acid groups (broad SMARTS) is 2. The number of unbranched alkanes of at least 4 members (excludes halogenated alkanes) is 2. The molecule has 0 aliphatic carbocycles. The van der Waals surface area contributed by atoms with Crippen LogP contribution in [0.5, 0.6) is 0 Å². The molecular formula is C52H46N12Na2O4. The molecule has 16 nitrogen and oxygen atoms in total. The van der Waals surface area contributed by atoms with Gasteiger partial charge in [0.15, 0.2) is 0 Å². The van der Waals surface area contributed by atoms with Crippen molar-refractivity contribution >= 4 is 34.0 Å². The molecule has 4 aromatic heterocycles. The van der Waals surface area contributed by atoms with Crippen LogP contribution in [-0.4, -0.2) is 72.3 Å². The Bertz CT molecular complexity index is 3110. The number of hydrogen-bond donors (Lipinski definition) is 2. The molecule has 0 unspecified atom stereocenters. The predicted octanol–water partition coefficient (Wildman–Crippen LogP) is 1.28. The Hall–Kier alpha value is -6.66. The van der Waals surface area contributed by atoms with Crippen LogP contribution in [0.25, 0.3) is 67.1 Å². The number of H-pyrrole nitrogens is 2. The second kappa shape index (κ2) is 23.8. The van der Waals surface area contributed by atoms with E-state index in [1.165, 1.54) is 0 Å². The van der Waals surface area contributed by atoms with Crippen LogP contribution >= 0.6 is 0 Å². The molecule has 0 bridgehead atoms. The van der Waals surface area contributed by atoms with E-state index >= 15 is 0 Å². The number of imidazole rings is 2. The standard InChI is InChI=1S/2C26H24N6O2.2Na/c2*1-2-3-11-23-27-22-10-6-9-21(26(33)34)24(22)32(23)16-17-12-14-18(15-13-17)19-7-4-5-8-20(19)25-28-30-31-29-25;;/h2*4-10,12-15H,2-3,11,16H2,1H3,(H,33,34)(H,28,29,30,31);;/q;;2*+1/p-2. The Labute approximate surface area is 447 Å². The van der Waals surface area contributed by atoms with Crippen LogP contribution < -0.4 is 69.3 Å². The van der Waals surface area contributed by atoms with Gasteiger partial charge < -0.3 is 28.9 Å². The first-order valence-electron chi connectivity index (χ1n) is 22.5. The van der Waals surface area contributed by atoms with E-state index in [4.69, 9.17) is 9.97 Å². The number of aryl methyl sites for hydroxylation is 2. The zero-order valence-electron chi connectivity index (χ0n) is 39.5. The van der Waals surface area contributed by atoms with E-state index in [0.29, 0.717) is 46.8 Å². The number of carboxylic acids is 2. The summed E-state index contributed by atoms with van der Waals surface area (Å²) < 4.78 is 4.02. The van der Waals surface area contributed by atoms with Crippen molar-refractivity contribution in [2.24, 2.45) is 0 Å². The van der Waals surface area contributed by atoms with E-state index in [0.717, 1.165) is 94.7 Å². The number of nitrogens with zero attached hydrogens (tertiary/aromatic N) is 10. The number of aromatic carboxylic acids is 2. The van der Waals surface area contributed by atoms with Crippen molar-refractivity contribution in [2.45, 2.75) is 65.5 Å². The van der Waals surface area contributed by atoms with Crippen LogP contribution in [0.2, 0.25) is 0 Å². The van der Waals surface area contributed by atoms with E-state index in [9.17, 15) is 19.8 Å². The van der Waals surface area contributed by atoms with Crippen molar-refractivity contribution in [3.05, 3.63) is 167 Å². The van der Waals surface area contributed by atoms with Crippen molar-refractivity contribution in [1.82, 2.24) is 60.4 Å². The van der Waals surface area contributed by atoms with Gasteiger partial charge in [-0.2, -0.15) is 10.4 Å². The average Bonchev–Trinajstić information content (AvgIpc) is 4.22. The summed E-state index contributed by atoms with van der Waals surface area (Å²) in [7, 11) is 0. The molecule has 6 aromatic carbocycles. The molecule has 2 N–H and O–H groups in total. The Kier molecular flexibility index (Phi) is 17.4. The van der Waals surface area contributed by atoms with Crippen LogP contribution in [0, 0.1) is 0 Å². The van der Waals surface area contributed by atoms with Gasteiger partial charge in [0.1, 0.15) is 11.6 Å². The Balaban J connectivity index is 0.000000201. The molecule has 0 saturated heterocycles. The minimum atomic E-state index is -1.19. The summed E-state index contributed by atoms with van der Waals surface area (Å²) in [5.41, 5.74) is 10.9. The molecular weight excluding hydrogens is 903 g/mol. The fraction of sp³-hybridized carbons (Fsp3) is 0.192. The maximum Gasteiger partial charge on any atom is 1.00 e. The van der Waals surface area contributed by atoms with Gasteiger partial charge in [-0.05, 0) is 68.8 Å². The molecule has 4 heterocycles. The number of rotatable bonds is 16. The number of benzene rings is 6. The molecule has 0 radical (unpaired) electrons. The van der Waals surface area contributed by atoms with Gasteiger partial charge in [-0.25, -0.2) is 9.97 Å². The first-order valence-corrected chi connectivity index (χ1v) is 22.5. The topological polar surface area (TPSA) is 225 Å². The normalized spacial score (nSPS) is 10.9. The first-order chi connectivity index (χ1) is 33.3. The quantitative estimate of drug-likeness (QED) is 0.131. The van der Waals surface area contributed by atoms with E-state index in [1.807, 2.05) is 69.8 Å². The second-order valence-corrected chi connectivity index (χ2v) is 16.3. The van der Waals surface area contributed by atoms with Gasteiger partial charge in [0.25, 0.3) is 0 Å². The van der Waals surface area contributed by atoms with Gasteiger partial charge in [0.2, 0.25) is 11.6 Å². The number of carbonyl (C=O) groups excluding carboxylic acids is 2. The van der Waals surface area contributed by atoms with Crippen molar-refractivity contribution in [3.63, 3.8) is 0 Å². The summed E-state index contributed by atoms with van der Waals surface area (Å²) >= 11 is 0. The fourth-order valence-corrected chi connectivity index (χ4v) is 8.54. The van der Waals surface area contributed by atoms with Crippen molar-refractivity contribution in [1.29, 1.82) is 0 Å². The molecule has 0 aliphatic heterocycles. The molecule has 0 spiro atoms. The van der Waals surface area contributed by atoms with E-state index in [2.05, 4.69) is 104 Å². The van der Waals surface area contributed by atoms with E-state index in [1.54, 1.807) is 24.3 Å². The number of carbonyl (C=O) groups is 2. The molecule has 0 atom stereocenters. The smallest absolute Gasteiger partial charge is 0.545 e. The largest absolute Gasteiger partial charge is 1.00 e. The van der Waals surface area contributed by atoms with Crippen molar-refractivity contribution in [2.75, 3.05) is 0 Å². The Morgan fingerprint density at radius 2 is 0.886 bits per heavy atom. The van der Waals surface area contributed by atoms with Crippen molar-refractivity contribution in [3.8, 4) is 45.0 Å². The minimum absolute atomic E-state index is 0. The number of aromatic nitrogens is 12. The SMILES string of the molecule is CCCCc1nc2cccc(C(=O)[O-])c2n1Cc1ccc(-c2ccccc2-c2nn[nH]n2)cc1.CCCCc1nc2cccc(C(=O)[O-])c2n1Cc1ccc(-c2ccccc2-c2nn[nH]n2)cc1.[Na+].[Na+]. The van der Waals surface area contributed by atoms with Gasteiger partial charge in [0.05, 0.1) is 34.0 Å². The summed E-state index contributed by atoms with van der Waals surface area (Å²) in [4.78, 5) is 33.1. The third kappa shape index (κ3) is 11.2. The predicted molar refractivity (Wildman–Crippen MR) is 254 cm³/mol. The van der Waals surface area contributed by atoms with Gasteiger partial charge in [-0.15, -0.1) is 20.4 Å². The number of aromatic amines is 2. The molecule has 0 saturated carbocycles. The van der Waals surface area contributed by atoms with Crippen molar-refractivity contribution < 1.29 is 78.9 Å². The average molecular weight is 949 g/mol. The molecule has 18 heteroatoms. The molecule has 10 rings (SSSR count). The molecule has 0 amide bonds. The third-order valence-electron chi connectivity index (χ3n) is 11.9. The van der Waals surface area contributed by atoms with E-state index in [-0.39, 0.29) is 70.2 Å². The number of fused-ring (bicyclic) bond motifs is 2. The number of para-hydroxylation sites is 2. The zero-order chi connectivity index (χ0) is 47.0. The van der Waals surface area contributed by atoms with Gasteiger partial charge >= 0.3 is 59.1 Å². The number of hydrogen-bond acceptors (Lipinski definition) is 12. The number of tetrazole rings is 2.